The quantitative estimate of drug-likeness (QED) is 0.0569. The summed E-state index contributed by atoms with van der Waals surface area (Å²) in [4.78, 5) is 0. The molecule has 0 bridgehead atoms. The molecule has 0 amide bonds. The van der Waals surface area contributed by atoms with Crippen LogP contribution < -0.4 is 0 Å². The van der Waals surface area contributed by atoms with Crippen molar-refractivity contribution in [3.05, 3.63) is 0 Å². The van der Waals surface area contributed by atoms with Crippen LogP contribution in [0.25, 0.3) is 0 Å². The average molecular weight is 569 g/mol. The first-order valence-corrected chi connectivity index (χ1v) is 19.3. The van der Waals surface area contributed by atoms with E-state index in [0.29, 0.717) is 6.61 Å². The van der Waals surface area contributed by atoms with Crippen molar-refractivity contribution >= 4 is 12.6 Å². The Morgan fingerprint density at radius 3 is 0.462 bits per heavy atom. The van der Waals surface area contributed by atoms with Gasteiger partial charge in [0.15, 0.2) is 0 Å². The zero-order chi connectivity index (χ0) is 28.2. The lowest BCUT2D eigenvalue weighted by atomic mass is 10.0. The van der Waals surface area contributed by atoms with Crippen LogP contribution >= 0.6 is 12.6 Å². The van der Waals surface area contributed by atoms with E-state index in [9.17, 15) is 0 Å². The molecule has 0 rings (SSSR count). The van der Waals surface area contributed by atoms with E-state index in [0.717, 1.165) is 12.2 Å². The van der Waals surface area contributed by atoms with Gasteiger partial charge in [0, 0.05) is 6.61 Å². The van der Waals surface area contributed by atoms with Crippen LogP contribution in [0.3, 0.4) is 0 Å². The highest BCUT2D eigenvalue weighted by molar-refractivity contribution is 7.80. The van der Waals surface area contributed by atoms with Gasteiger partial charge >= 0.3 is 0 Å². The number of unbranched alkanes of at least 4 members (excludes halogenated alkanes) is 34. The Kier molecular flexibility index (Phi) is 38.6. The number of hydrogen-bond donors (Lipinski definition) is 2. The SMILES string of the molecule is OCCCCCCCCCCCCCCCCCCCCCCCCCCCCCCCCCCCCCS. The van der Waals surface area contributed by atoms with Gasteiger partial charge in [-0.25, -0.2) is 0 Å². The lowest BCUT2D eigenvalue weighted by Crippen LogP contribution is -1.85. The van der Waals surface area contributed by atoms with Crippen molar-refractivity contribution in [2.75, 3.05) is 12.4 Å². The van der Waals surface area contributed by atoms with Gasteiger partial charge in [0.1, 0.15) is 0 Å². The van der Waals surface area contributed by atoms with Crippen molar-refractivity contribution in [1.82, 2.24) is 0 Å². The number of aliphatic hydroxyl groups is 1. The van der Waals surface area contributed by atoms with Gasteiger partial charge in [-0.2, -0.15) is 12.6 Å². The number of thiol groups is 1. The largest absolute Gasteiger partial charge is 0.396 e. The molecule has 0 aliphatic rings. The molecule has 39 heavy (non-hydrogen) atoms. The van der Waals surface area contributed by atoms with Gasteiger partial charge in [0.05, 0.1) is 0 Å². The number of hydrogen-bond acceptors (Lipinski definition) is 2. The van der Waals surface area contributed by atoms with E-state index in [1.807, 2.05) is 0 Å². The molecule has 0 fully saturated rings. The van der Waals surface area contributed by atoms with Crippen LogP contribution in [0.1, 0.15) is 225 Å². The fourth-order valence-electron chi connectivity index (χ4n) is 6.06. The van der Waals surface area contributed by atoms with Gasteiger partial charge in [0.25, 0.3) is 0 Å². The number of rotatable bonds is 36. The third-order valence-corrected chi connectivity index (χ3v) is 9.13. The van der Waals surface area contributed by atoms with Crippen LogP contribution in [0.4, 0.5) is 0 Å². The predicted octanol–water partition coefficient (Wildman–Crippen LogP) is 13.6. The maximum absolute atomic E-state index is 8.79. The molecule has 236 valence electrons. The maximum atomic E-state index is 8.79. The van der Waals surface area contributed by atoms with Gasteiger partial charge < -0.3 is 5.11 Å². The van der Waals surface area contributed by atoms with Gasteiger partial charge in [-0.3, -0.25) is 0 Å². The molecule has 0 radical (unpaired) electrons. The average Bonchev–Trinajstić information content (AvgIpc) is 2.95. The molecule has 0 unspecified atom stereocenters. The summed E-state index contributed by atoms with van der Waals surface area (Å²) < 4.78 is 0. The van der Waals surface area contributed by atoms with Crippen molar-refractivity contribution in [2.45, 2.75) is 225 Å². The first-order chi connectivity index (χ1) is 19.4. The minimum absolute atomic E-state index is 0.374. The molecule has 1 N–H and O–H groups in total. The first kappa shape index (κ1) is 39.3. The fourth-order valence-corrected chi connectivity index (χ4v) is 6.28. The highest BCUT2D eigenvalue weighted by Gasteiger charge is 1.97. The topological polar surface area (TPSA) is 20.2 Å². The summed E-state index contributed by atoms with van der Waals surface area (Å²) in [5.74, 6) is 1.07. The molecule has 0 spiro atoms. The molecule has 0 heterocycles. The molecular weight excluding hydrogens is 492 g/mol. The van der Waals surface area contributed by atoms with E-state index in [-0.39, 0.29) is 0 Å². The van der Waals surface area contributed by atoms with Crippen LogP contribution in [0.2, 0.25) is 0 Å². The van der Waals surface area contributed by atoms with E-state index in [1.165, 1.54) is 218 Å². The standard InChI is InChI=1S/C37H76OS/c38-36-34-32-30-28-26-24-22-20-18-16-14-12-10-8-6-4-2-1-3-5-7-9-11-13-15-17-19-21-23-25-27-29-31-33-35-37-39/h38-39H,1-37H2. The summed E-state index contributed by atoms with van der Waals surface area (Å²) in [5, 5.41) is 8.79. The van der Waals surface area contributed by atoms with E-state index in [4.69, 9.17) is 5.11 Å². The molecule has 0 aliphatic heterocycles. The monoisotopic (exact) mass is 569 g/mol. The van der Waals surface area contributed by atoms with Crippen LogP contribution in [-0.2, 0) is 0 Å². The van der Waals surface area contributed by atoms with Crippen LogP contribution in [0, 0.1) is 0 Å². The van der Waals surface area contributed by atoms with Crippen LogP contribution in [-0.4, -0.2) is 17.5 Å². The van der Waals surface area contributed by atoms with E-state index in [2.05, 4.69) is 12.6 Å². The fraction of sp³-hybridized carbons (Fsp3) is 1.00. The second kappa shape index (κ2) is 38.3. The molecule has 1 nitrogen and oxygen atoms in total. The highest BCUT2D eigenvalue weighted by Crippen LogP contribution is 2.17. The molecule has 0 aromatic carbocycles. The maximum Gasteiger partial charge on any atom is 0.0431 e. The number of aliphatic hydroxyl groups excluding tert-OH is 1. The Labute approximate surface area is 254 Å². The van der Waals surface area contributed by atoms with Crippen molar-refractivity contribution < 1.29 is 5.11 Å². The Morgan fingerprint density at radius 2 is 0.333 bits per heavy atom. The minimum Gasteiger partial charge on any atom is -0.396 e. The molecule has 2 heteroatoms. The van der Waals surface area contributed by atoms with Gasteiger partial charge in [-0.1, -0.05) is 212 Å². The summed E-state index contributed by atoms with van der Waals surface area (Å²) in [6.07, 6.45) is 50.2. The molecular formula is C37H76OS. The first-order valence-electron chi connectivity index (χ1n) is 18.6. The molecule has 0 saturated heterocycles. The third kappa shape index (κ3) is 38.3. The Bertz CT molecular complexity index is 363. The highest BCUT2D eigenvalue weighted by atomic mass is 32.1. The van der Waals surface area contributed by atoms with E-state index in [1.54, 1.807) is 0 Å². The molecule has 0 aliphatic carbocycles. The second-order valence-electron chi connectivity index (χ2n) is 12.8. The summed E-state index contributed by atoms with van der Waals surface area (Å²) >= 11 is 4.29. The van der Waals surface area contributed by atoms with Crippen molar-refractivity contribution in [2.24, 2.45) is 0 Å². The predicted molar refractivity (Wildman–Crippen MR) is 183 cm³/mol. The summed E-state index contributed by atoms with van der Waals surface area (Å²) in [5.41, 5.74) is 0. The van der Waals surface area contributed by atoms with Crippen molar-refractivity contribution in [3.63, 3.8) is 0 Å². The molecule has 0 aromatic heterocycles. The summed E-state index contributed by atoms with van der Waals surface area (Å²) in [6.45, 7) is 0.374. The third-order valence-electron chi connectivity index (χ3n) is 8.82. The van der Waals surface area contributed by atoms with Crippen LogP contribution in [0.5, 0.6) is 0 Å². The van der Waals surface area contributed by atoms with Crippen molar-refractivity contribution in [1.29, 1.82) is 0 Å². The lowest BCUT2D eigenvalue weighted by Gasteiger charge is -2.05. The van der Waals surface area contributed by atoms with E-state index < -0.39 is 0 Å². The van der Waals surface area contributed by atoms with Crippen molar-refractivity contribution in [3.8, 4) is 0 Å². The zero-order valence-corrected chi connectivity index (χ0v) is 28.0. The smallest absolute Gasteiger partial charge is 0.0431 e. The van der Waals surface area contributed by atoms with Gasteiger partial charge in [0.2, 0.25) is 0 Å². The zero-order valence-electron chi connectivity index (χ0n) is 27.1. The second-order valence-corrected chi connectivity index (χ2v) is 13.3. The van der Waals surface area contributed by atoms with E-state index >= 15 is 0 Å². The Hall–Kier alpha value is 0.310. The molecule has 0 aromatic rings. The van der Waals surface area contributed by atoms with Gasteiger partial charge in [-0.05, 0) is 18.6 Å². The summed E-state index contributed by atoms with van der Waals surface area (Å²) in [7, 11) is 0. The minimum atomic E-state index is 0.374. The lowest BCUT2D eigenvalue weighted by molar-refractivity contribution is 0.282. The normalized spacial score (nSPS) is 11.5. The van der Waals surface area contributed by atoms with Gasteiger partial charge in [-0.15, -0.1) is 0 Å². The Morgan fingerprint density at radius 1 is 0.205 bits per heavy atom. The Balaban J connectivity index is 3.01. The molecule has 0 atom stereocenters. The van der Waals surface area contributed by atoms with Crippen LogP contribution in [0.15, 0.2) is 0 Å². The molecule has 0 saturated carbocycles. The summed E-state index contributed by atoms with van der Waals surface area (Å²) in [6, 6.07) is 0.